The van der Waals surface area contributed by atoms with Crippen LogP contribution in [-0.2, 0) is 0 Å². The van der Waals surface area contributed by atoms with Crippen LogP contribution in [0.1, 0.15) is 16.2 Å². The van der Waals surface area contributed by atoms with Crippen LogP contribution in [0.4, 0.5) is 11.4 Å². The minimum Gasteiger partial charge on any atom is -0.387 e. The number of rotatable bonds is 3. The summed E-state index contributed by atoms with van der Waals surface area (Å²) in [6.45, 7) is 1.84. The molecule has 0 aliphatic rings. The van der Waals surface area contributed by atoms with E-state index in [4.69, 9.17) is 0 Å². The standard InChI is InChI=1S/C13H14N4O/c1-9-11(4-3-7-15-9)17-13(18)12-6-5-10(14-2)8-16-12/h3-8,14H,1-2H3,(H,17,18). The van der Waals surface area contributed by atoms with Gasteiger partial charge in [0.25, 0.3) is 5.91 Å². The highest BCUT2D eigenvalue weighted by molar-refractivity contribution is 6.03. The summed E-state index contributed by atoms with van der Waals surface area (Å²) in [5, 5.41) is 5.73. The van der Waals surface area contributed by atoms with E-state index in [1.54, 1.807) is 37.6 Å². The maximum absolute atomic E-state index is 11.9. The zero-order valence-corrected chi connectivity index (χ0v) is 10.3. The van der Waals surface area contributed by atoms with E-state index in [-0.39, 0.29) is 5.91 Å². The van der Waals surface area contributed by atoms with Crippen LogP contribution in [0.15, 0.2) is 36.7 Å². The van der Waals surface area contributed by atoms with Crippen molar-refractivity contribution in [3.05, 3.63) is 48.0 Å². The number of aromatic nitrogens is 2. The van der Waals surface area contributed by atoms with Gasteiger partial charge >= 0.3 is 0 Å². The second kappa shape index (κ2) is 5.27. The minimum absolute atomic E-state index is 0.242. The van der Waals surface area contributed by atoms with E-state index < -0.39 is 0 Å². The van der Waals surface area contributed by atoms with Gasteiger partial charge in [-0.3, -0.25) is 9.78 Å². The van der Waals surface area contributed by atoms with E-state index in [1.165, 1.54) is 0 Å². The van der Waals surface area contributed by atoms with E-state index in [1.807, 2.05) is 13.0 Å². The zero-order chi connectivity index (χ0) is 13.0. The van der Waals surface area contributed by atoms with Crippen molar-refractivity contribution in [2.75, 3.05) is 17.7 Å². The Kier molecular flexibility index (Phi) is 3.52. The Bertz CT molecular complexity index is 551. The van der Waals surface area contributed by atoms with Gasteiger partial charge in [0.1, 0.15) is 5.69 Å². The summed E-state index contributed by atoms with van der Waals surface area (Å²) in [5.74, 6) is -0.242. The largest absolute Gasteiger partial charge is 0.387 e. The van der Waals surface area contributed by atoms with Crippen LogP contribution in [0, 0.1) is 6.92 Å². The second-order valence-electron chi connectivity index (χ2n) is 3.77. The molecule has 0 atom stereocenters. The van der Waals surface area contributed by atoms with Crippen LogP contribution < -0.4 is 10.6 Å². The quantitative estimate of drug-likeness (QED) is 0.864. The molecule has 2 rings (SSSR count). The Morgan fingerprint density at radius 2 is 2.06 bits per heavy atom. The lowest BCUT2D eigenvalue weighted by Crippen LogP contribution is -2.14. The van der Waals surface area contributed by atoms with Crippen molar-refractivity contribution < 1.29 is 4.79 Å². The first-order chi connectivity index (χ1) is 8.70. The zero-order valence-electron chi connectivity index (χ0n) is 10.3. The Morgan fingerprint density at radius 3 is 2.67 bits per heavy atom. The molecule has 0 spiro atoms. The van der Waals surface area contributed by atoms with Gasteiger partial charge in [0, 0.05) is 13.2 Å². The maximum Gasteiger partial charge on any atom is 0.274 e. The molecule has 0 aliphatic carbocycles. The molecule has 0 unspecified atom stereocenters. The SMILES string of the molecule is CNc1ccc(C(=O)Nc2cccnc2C)nc1. The van der Waals surface area contributed by atoms with Gasteiger partial charge in [-0.05, 0) is 31.2 Å². The first-order valence-corrected chi connectivity index (χ1v) is 5.57. The molecule has 2 aromatic heterocycles. The smallest absolute Gasteiger partial charge is 0.274 e. The molecular weight excluding hydrogens is 228 g/mol. The van der Waals surface area contributed by atoms with Crippen molar-refractivity contribution in [3.8, 4) is 0 Å². The first kappa shape index (κ1) is 12.0. The molecule has 0 aromatic carbocycles. The van der Waals surface area contributed by atoms with E-state index in [0.29, 0.717) is 11.4 Å². The molecule has 0 aliphatic heterocycles. The molecule has 0 saturated heterocycles. The molecule has 0 radical (unpaired) electrons. The van der Waals surface area contributed by atoms with Crippen LogP contribution >= 0.6 is 0 Å². The van der Waals surface area contributed by atoms with Gasteiger partial charge in [-0.15, -0.1) is 0 Å². The van der Waals surface area contributed by atoms with Gasteiger partial charge in [0.2, 0.25) is 0 Å². The van der Waals surface area contributed by atoms with Crippen molar-refractivity contribution in [1.29, 1.82) is 0 Å². The molecule has 1 amide bonds. The summed E-state index contributed by atoms with van der Waals surface area (Å²) < 4.78 is 0. The van der Waals surface area contributed by atoms with E-state index in [2.05, 4.69) is 20.6 Å². The van der Waals surface area contributed by atoms with Gasteiger partial charge in [-0.1, -0.05) is 0 Å². The minimum atomic E-state index is -0.242. The van der Waals surface area contributed by atoms with Gasteiger partial charge in [-0.2, -0.15) is 0 Å². The number of pyridine rings is 2. The summed E-state index contributed by atoms with van der Waals surface area (Å²) in [7, 11) is 1.80. The van der Waals surface area contributed by atoms with Crippen molar-refractivity contribution in [2.24, 2.45) is 0 Å². The molecule has 2 N–H and O–H groups in total. The summed E-state index contributed by atoms with van der Waals surface area (Å²) in [6.07, 6.45) is 3.30. The number of aryl methyl sites for hydroxylation is 1. The van der Waals surface area contributed by atoms with Crippen molar-refractivity contribution >= 4 is 17.3 Å². The lowest BCUT2D eigenvalue weighted by atomic mass is 10.2. The molecule has 18 heavy (non-hydrogen) atoms. The number of nitrogens with one attached hydrogen (secondary N) is 2. The Balaban J connectivity index is 2.14. The highest BCUT2D eigenvalue weighted by Crippen LogP contribution is 2.12. The van der Waals surface area contributed by atoms with Crippen LogP contribution in [0.5, 0.6) is 0 Å². The molecule has 2 heterocycles. The predicted octanol–water partition coefficient (Wildman–Crippen LogP) is 2.08. The molecule has 0 fully saturated rings. The molecule has 2 aromatic rings. The highest BCUT2D eigenvalue weighted by Gasteiger charge is 2.08. The van der Waals surface area contributed by atoms with Crippen molar-refractivity contribution in [3.63, 3.8) is 0 Å². The number of hydrogen-bond acceptors (Lipinski definition) is 4. The van der Waals surface area contributed by atoms with E-state index >= 15 is 0 Å². The fraction of sp³-hybridized carbons (Fsp3) is 0.154. The number of amides is 1. The number of hydrogen-bond donors (Lipinski definition) is 2. The third-order valence-corrected chi connectivity index (χ3v) is 2.54. The van der Waals surface area contributed by atoms with Gasteiger partial charge in [0.05, 0.1) is 23.3 Å². The predicted molar refractivity (Wildman–Crippen MR) is 70.7 cm³/mol. The Labute approximate surface area is 105 Å². The second-order valence-corrected chi connectivity index (χ2v) is 3.77. The number of nitrogens with zero attached hydrogens (tertiary/aromatic N) is 2. The van der Waals surface area contributed by atoms with E-state index in [9.17, 15) is 4.79 Å². The lowest BCUT2D eigenvalue weighted by Gasteiger charge is -2.07. The summed E-state index contributed by atoms with van der Waals surface area (Å²) >= 11 is 0. The first-order valence-electron chi connectivity index (χ1n) is 5.57. The highest BCUT2D eigenvalue weighted by atomic mass is 16.1. The molecular formula is C13H14N4O. The fourth-order valence-electron chi connectivity index (χ4n) is 1.48. The molecule has 5 heteroatoms. The normalized spacial score (nSPS) is 9.89. The third kappa shape index (κ3) is 2.63. The molecule has 0 bridgehead atoms. The van der Waals surface area contributed by atoms with Crippen LogP contribution in [0.25, 0.3) is 0 Å². The Hall–Kier alpha value is -2.43. The molecule has 92 valence electrons. The monoisotopic (exact) mass is 242 g/mol. The summed E-state index contributed by atoms with van der Waals surface area (Å²) in [4.78, 5) is 20.1. The summed E-state index contributed by atoms with van der Waals surface area (Å²) in [5.41, 5.74) is 2.71. The average Bonchev–Trinajstić information content (AvgIpc) is 2.41. The maximum atomic E-state index is 11.9. The average molecular weight is 242 g/mol. The van der Waals surface area contributed by atoms with E-state index in [0.717, 1.165) is 11.4 Å². The van der Waals surface area contributed by atoms with Crippen LogP contribution in [0.3, 0.4) is 0 Å². The molecule has 5 nitrogen and oxygen atoms in total. The van der Waals surface area contributed by atoms with Crippen LogP contribution in [0.2, 0.25) is 0 Å². The van der Waals surface area contributed by atoms with Crippen molar-refractivity contribution in [1.82, 2.24) is 9.97 Å². The fourth-order valence-corrected chi connectivity index (χ4v) is 1.48. The van der Waals surface area contributed by atoms with Gasteiger partial charge in [-0.25, -0.2) is 4.98 Å². The topological polar surface area (TPSA) is 66.9 Å². The van der Waals surface area contributed by atoms with Crippen LogP contribution in [-0.4, -0.2) is 22.9 Å². The van der Waals surface area contributed by atoms with Gasteiger partial charge in [0.15, 0.2) is 0 Å². The number of carbonyl (C=O) groups excluding carboxylic acids is 1. The van der Waals surface area contributed by atoms with Gasteiger partial charge < -0.3 is 10.6 Å². The lowest BCUT2D eigenvalue weighted by molar-refractivity contribution is 0.102. The summed E-state index contributed by atoms with van der Waals surface area (Å²) in [6, 6.07) is 7.06. The molecule has 0 saturated carbocycles. The Morgan fingerprint density at radius 1 is 1.22 bits per heavy atom. The third-order valence-electron chi connectivity index (χ3n) is 2.54. The number of carbonyl (C=O) groups is 1. The number of anilines is 2. The van der Waals surface area contributed by atoms with Crippen molar-refractivity contribution in [2.45, 2.75) is 6.92 Å².